The van der Waals surface area contributed by atoms with E-state index in [0.29, 0.717) is 6.54 Å². The highest BCUT2D eigenvalue weighted by Crippen LogP contribution is 2.13. The zero-order valence-electron chi connectivity index (χ0n) is 10.9. The average molecular weight is 222 g/mol. The number of hydrogen-bond acceptors (Lipinski definition) is 1. The summed E-state index contributed by atoms with van der Waals surface area (Å²) in [4.78, 5) is 14.9. The fourth-order valence-electron chi connectivity index (χ4n) is 1.62. The van der Waals surface area contributed by atoms with Gasteiger partial charge < -0.3 is 10.3 Å². The van der Waals surface area contributed by atoms with Gasteiger partial charge in [0.1, 0.15) is 0 Å². The fraction of sp³-hybridized carbons (Fsp3) is 0.615. The van der Waals surface area contributed by atoms with Crippen LogP contribution in [0.4, 0.5) is 0 Å². The van der Waals surface area contributed by atoms with E-state index in [-0.39, 0.29) is 11.3 Å². The van der Waals surface area contributed by atoms with Gasteiger partial charge in [-0.1, -0.05) is 20.8 Å². The Morgan fingerprint density at radius 1 is 1.38 bits per heavy atom. The van der Waals surface area contributed by atoms with Crippen LogP contribution in [0.2, 0.25) is 0 Å². The minimum absolute atomic E-state index is 0.109. The van der Waals surface area contributed by atoms with E-state index in [0.717, 1.165) is 6.42 Å². The molecule has 0 saturated carbocycles. The average Bonchev–Trinajstić information content (AvgIpc) is 2.43. The van der Waals surface area contributed by atoms with Crippen LogP contribution in [0.5, 0.6) is 0 Å². The maximum Gasteiger partial charge on any atom is 0.225 e. The quantitative estimate of drug-likeness (QED) is 0.810. The molecular weight excluding hydrogens is 200 g/mol. The molecule has 0 unspecified atom stereocenters. The van der Waals surface area contributed by atoms with Crippen molar-refractivity contribution in [3.63, 3.8) is 0 Å². The largest absolute Gasteiger partial charge is 0.362 e. The van der Waals surface area contributed by atoms with Crippen molar-refractivity contribution in [2.75, 3.05) is 6.54 Å². The summed E-state index contributed by atoms with van der Waals surface area (Å²) in [6.45, 7) is 10.6. The summed E-state index contributed by atoms with van der Waals surface area (Å²) in [6, 6.07) is 2.14. The molecule has 3 nitrogen and oxygen atoms in total. The van der Waals surface area contributed by atoms with Gasteiger partial charge in [-0.3, -0.25) is 4.79 Å². The lowest BCUT2D eigenvalue weighted by Crippen LogP contribution is -2.35. The van der Waals surface area contributed by atoms with Gasteiger partial charge in [0.15, 0.2) is 0 Å². The first kappa shape index (κ1) is 12.8. The van der Waals surface area contributed by atoms with E-state index in [9.17, 15) is 4.79 Å². The molecule has 90 valence electrons. The Morgan fingerprint density at radius 3 is 2.44 bits per heavy atom. The molecule has 1 rings (SSSR count). The molecule has 0 spiro atoms. The molecule has 3 heteroatoms. The number of H-pyrrole nitrogens is 1. The fourth-order valence-corrected chi connectivity index (χ4v) is 1.62. The van der Waals surface area contributed by atoms with Crippen molar-refractivity contribution < 1.29 is 4.79 Å². The van der Waals surface area contributed by atoms with Gasteiger partial charge in [0, 0.05) is 23.3 Å². The molecule has 16 heavy (non-hydrogen) atoms. The number of nitrogens with one attached hydrogen (secondary N) is 2. The van der Waals surface area contributed by atoms with Crippen LogP contribution in [0.25, 0.3) is 0 Å². The lowest BCUT2D eigenvalue weighted by Gasteiger charge is -2.17. The molecule has 1 aromatic rings. The third-order valence-corrected chi connectivity index (χ3v) is 2.62. The Balaban J connectivity index is 2.42. The highest BCUT2D eigenvalue weighted by atomic mass is 16.2. The number of aryl methyl sites for hydroxylation is 2. The predicted octanol–water partition coefficient (Wildman–Crippen LogP) is 2.34. The van der Waals surface area contributed by atoms with Crippen molar-refractivity contribution in [2.45, 2.75) is 41.0 Å². The Hall–Kier alpha value is -1.25. The van der Waals surface area contributed by atoms with Crippen LogP contribution < -0.4 is 5.32 Å². The van der Waals surface area contributed by atoms with Crippen molar-refractivity contribution in [3.05, 3.63) is 23.0 Å². The first-order valence-corrected chi connectivity index (χ1v) is 5.74. The van der Waals surface area contributed by atoms with Crippen molar-refractivity contribution >= 4 is 5.91 Å². The predicted molar refractivity (Wildman–Crippen MR) is 66.4 cm³/mol. The summed E-state index contributed by atoms with van der Waals surface area (Å²) in [6.07, 6.45) is 0.887. The Labute approximate surface area is 97.6 Å². The van der Waals surface area contributed by atoms with Crippen LogP contribution in [0, 0.1) is 19.3 Å². The second-order valence-electron chi connectivity index (χ2n) is 5.36. The van der Waals surface area contributed by atoms with Gasteiger partial charge in [0.05, 0.1) is 0 Å². The number of rotatable bonds is 3. The van der Waals surface area contributed by atoms with Crippen LogP contribution in [0.15, 0.2) is 6.07 Å². The molecule has 0 radical (unpaired) electrons. The minimum Gasteiger partial charge on any atom is -0.362 e. The van der Waals surface area contributed by atoms with Gasteiger partial charge in [-0.05, 0) is 31.9 Å². The van der Waals surface area contributed by atoms with E-state index in [4.69, 9.17) is 0 Å². The first-order chi connectivity index (χ1) is 7.30. The summed E-state index contributed by atoms with van der Waals surface area (Å²) < 4.78 is 0. The number of carbonyl (C=O) groups excluding carboxylic acids is 1. The van der Waals surface area contributed by atoms with E-state index >= 15 is 0 Å². The number of hydrogen-bond donors (Lipinski definition) is 2. The third-order valence-electron chi connectivity index (χ3n) is 2.62. The number of aromatic amines is 1. The standard InChI is InChI=1S/C13H22N2O/c1-9-8-11(10(2)15-9)6-7-14-12(16)13(3,4)5/h8,15H,6-7H2,1-5H3,(H,14,16). The molecule has 1 heterocycles. The third kappa shape index (κ3) is 3.40. The Morgan fingerprint density at radius 2 is 2.00 bits per heavy atom. The highest BCUT2D eigenvalue weighted by molar-refractivity contribution is 5.81. The number of carbonyl (C=O) groups is 1. The molecule has 0 aliphatic carbocycles. The second-order valence-corrected chi connectivity index (χ2v) is 5.36. The van der Waals surface area contributed by atoms with E-state index in [1.54, 1.807) is 0 Å². The molecule has 0 bridgehead atoms. The monoisotopic (exact) mass is 222 g/mol. The topological polar surface area (TPSA) is 44.9 Å². The molecule has 1 amide bonds. The van der Waals surface area contributed by atoms with Crippen molar-refractivity contribution in [2.24, 2.45) is 5.41 Å². The number of amides is 1. The zero-order chi connectivity index (χ0) is 12.3. The molecule has 1 aromatic heterocycles. The molecule has 0 atom stereocenters. The van der Waals surface area contributed by atoms with E-state index < -0.39 is 0 Å². The maximum atomic E-state index is 11.6. The Kier molecular flexibility index (Phi) is 3.79. The van der Waals surface area contributed by atoms with E-state index in [2.05, 4.69) is 23.3 Å². The molecule has 0 aliphatic heterocycles. The molecular formula is C13H22N2O. The highest BCUT2D eigenvalue weighted by Gasteiger charge is 2.20. The van der Waals surface area contributed by atoms with Crippen LogP contribution in [0.1, 0.15) is 37.7 Å². The minimum atomic E-state index is -0.302. The lowest BCUT2D eigenvalue weighted by atomic mass is 9.95. The van der Waals surface area contributed by atoms with Crippen molar-refractivity contribution in [1.29, 1.82) is 0 Å². The summed E-state index contributed by atoms with van der Waals surface area (Å²) in [7, 11) is 0. The summed E-state index contributed by atoms with van der Waals surface area (Å²) in [5.74, 6) is 0.109. The summed E-state index contributed by atoms with van der Waals surface area (Å²) in [5, 5.41) is 2.95. The lowest BCUT2D eigenvalue weighted by molar-refractivity contribution is -0.128. The molecule has 2 N–H and O–H groups in total. The van der Waals surface area contributed by atoms with Gasteiger partial charge in [0.2, 0.25) is 5.91 Å². The smallest absolute Gasteiger partial charge is 0.225 e. The van der Waals surface area contributed by atoms with Gasteiger partial charge in [-0.25, -0.2) is 0 Å². The normalized spacial score (nSPS) is 11.6. The van der Waals surface area contributed by atoms with Crippen LogP contribution >= 0.6 is 0 Å². The van der Waals surface area contributed by atoms with Crippen LogP contribution in [-0.2, 0) is 11.2 Å². The van der Waals surface area contributed by atoms with E-state index in [1.165, 1.54) is 17.0 Å². The summed E-state index contributed by atoms with van der Waals surface area (Å²) >= 11 is 0. The molecule has 0 fully saturated rings. The van der Waals surface area contributed by atoms with Gasteiger partial charge in [0.25, 0.3) is 0 Å². The first-order valence-electron chi connectivity index (χ1n) is 5.74. The Bertz CT molecular complexity index is 372. The van der Waals surface area contributed by atoms with Crippen molar-refractivity contribution in [1.82, 2.24) is 10.3 Å². The molecule has 0 saturated heterocycles. The molecule has 0 aliphatic rings. The summed E-state index contributed by atoms with van der Waals surface area (Å²) in [5.41, 5.74) is 3.35. The second kappa shape index (κ2) is 4.73. The SMILES string of the molecule is Cc1cc(CCNC(=O)C(C)(C)C)c(C)[nH]1. The zero-order valence-corrected chi connectivity index (χ0v) is 10.9. The van der Waals surface area contributed by atoms with E-state index in [1.807, 2.05) is 27.7 Å². The molecule has 0 aromatic carbocycles. The van der Waals surface area contributed by atoms with Crippen LogP contribution in [0.3, 0.4) is 0 Å². The maximum absolute atomic E-state index is 11.6. The van der Waals surface area contributed by atoms with Crippen LogP contribution in [-0.4, -0.2) is 17.4 Å². The van der Waals surface area contributed by atoms with Gasteiger partial charge in [-0.2, -0.15) is 0 Å². The number of aromatic nitrogens is 1. The van der Waals surface area contributed by atoms with Gasteiger partial charge in [-0.15, -0.1) is 0 Å². The van der Waals surface area contributed by atoms with Crippen molar-refractivity contribution in [3.8, 4) is 0 Å². The van der Waals surface area contributed by atoms with Gasteiger partial charge >= 0.3 is 0 Å².